The van der Waals surface area contributed by atoms with E-state index in [4.69, 9.17) is 9.84 Å². The summed E-state index contributed by atoms with van der Waals surface area (Å²) < 4.78 is 5.51. The summed E-state index contributed by atoms with van der Waals surface area (Å²) >= 11 is 0. The monoisotopic (exact) mass is 226 g/mol. The predicted octanol–water partition coefficient (Wildman–Crippen LogP) is 4.36. The lowest BCUT2D eigenvalue weighted by atomic mass is 10.1. The Balaban J connectivity index is 1.72. The second-order valence-corrected chi connectivity index (χ2v) is 4.70. The number of hydrogen-bond acceptors (Lipinski definition) is 2. The highest BCUT2D eigenvalue weighted by Crippen LogP contribution is 2.29. The molecule has 0 aromatic rings. The van der Waals surface area contributed by atoms with E-state index in [0.29, 0.717) is 12.2 Å². The van der Waals surface area contributed by atoms with E-state index in [1.54, 1.807) is 0 Å². The van der Waals surface area contributed by atoms with Crippen LogP contribution in [-0.2, 0) is 4.74 Å². The summed E-state index contributed by atoms with van der Waals surface area (Å²) in [6.07, 6.45) is 15.5. The Hall–Kier alpha value is -0.500. The molecule has 1 saturated heterocycles. The molecule has 0 spiro atoms. The normalized spacial score (nSPS) is 24.1. The Bertz CT molecular complexity index is 189. The molecule has 0 aromatic heterocycles. The molecule has 94 valence electrons. The van der Waals surface area contributed by atoms with Crippen LogP contribution in [0.1, 0.15) is 64.7 Å². The van der Waals surface area contributed by atoms with Gasteiger partial charge in [-0.05, 0) is 25.7 Å². The van der Waals surface area contributed by atoms with Gasteiger partial charge in [-0.2, -0.15) is 0 Å². The number of allylic oxidation sites excluding steroid dienone is 1. The van der Waals surface area contributed by atoms with Crippen LogP contribution in [0.3, 0.4) is 0 Å². The van der Waals surface area contributed by atoms with Crippen molar-refractivity contribution < 1.29 is 9.84 Å². The molecular weight excluding hydrogens is 200 g/mol. The average molecular weight is 226 g/mol. The van der Waals surface area contributed by atoms with Gasteiger partial charge in [0.1, 0.15) is 0 Å². The van der Waals surface area contributed by atoms with Crippen molar-refractivity contribution >= 4 is 0 Å². The summed E-state index contributed by atoms with van der Waals surface area (Å²) in [5, 5.41) is 8.45. The predicted molar refractivity (Wildman–Crippen MR) is 67.7 cm³/mol. The number of aliphatic hydroxyl groups excluding tert-OH is 1. The van der Waals surface area contributed by atoms with Crippen molar-refractivity contribution in [3.05, 3.63) is 12.3 Å². The highest BCUT2D eigenvalue weighted by atomic mass is 16.6. The Morgan fingerprint density at radius 3 is 2.31 bits per heavy atom. The smallest absolute Gasteiger partial charge is 0.0841 e. The first kappa shape index (κ1) is 13.6. The minimum absolute atomic E-state index is 0.588. The molecule has 0 aromatic carbocycles. The maximum atomic E-state index is 8.45. The van der Waals surface area contributed by atoms with Crippen molar-refractivity contribution in [2.75, 3.05) is 0 Å². The Morgan fingerprint density at radius 1 is 1.00 bits per heavy atom. The zero-order chi connectivity index (χ0) is 11.6. The lowest BCUT2D eigenvalue weighted by Crippen LogP contribution is -1.92. The van der Waals surface area contributed by atoms with Gasteiger partial charge in [0.15, 0.2) is 0 Å². The molecular formula is C14H26O2. The van der Waals surface area contributed by atoms with Gasteiger partial charge in [0.2, 0.25) is 0 Å². The molecule has 1 aliphatic rings. The van der Waals surface area contributed by atoms with Gasteiger partial charge in [-0.25, -0.2) is 0 Å². The number of epoxide rings is 1. The van der Waals surface area contributed by atoms with E-state index in [1.807, 2.05) is 6.08 Å². The highest BCUT2D eigenvalue weighted by Gasteiger charge is 2.35. The Kier molecular flexibility index (Phi) is 7.32. The van der Waals surface area contributed by atoms with Crippen LogP contribution in [0.25, 0.3) is 0 Å². The number of aliphatic hydroxyl groups is 1. The molecule has 1 rings (SSSR count). The van der Waals surface area contributed by atoms with Crippen molar-refractivity contribution in [3.63, 3.8) is 0 Å². The largest absolute Gasteiger partial charge is 0.516 e. The first-order valence-corrected chi connectivity index (χ1v) is 6.83. The Morgan fingerprint density at radius 2 is 1.69 bits per heavy atom. The summed E-state index contributed by atoms with van der Waals surface area (Å²) in [4.78, 5) is 0. The molecule has 0 amide bonds. The molecule has 2 heteroatoms. The van der Waals surface area contributed by atoms with Crippen LogP contribution in [0.2, 0.25) is 0 Å². The van der Waals surface area contributed by atoms with Crippen molar-refractivity contribution in [2.24, 2.45) is 0 Å². The fourth-order valence-corrected chi connectivity index (χ4v) is 2.18. The molecule has 0 aliphatic carbocycles. The zero-order valence-corrected chi connectivity index (χ0v) is 10.5. The summed E-state index contributed by atoms with van der Waals surface area (Å²) in [5.41, 5.74) is 0. The minimum atomic E-state index is 0.588. The lowest BCUT2D eigenvalue weighted by molar-refractivity contribution is 0.355. The van der Waals surface area contributed by atoms with Gasteiger partial charge in [-0.1, -0.05) is 45.1 Å². The van der Waals surface area contributed by atoms with Crippen LogP contribution >= 0.6 is 0 Å². The fraction of sp³-hybridized carbons (Fsp3) is 0.857. The lowest BCUT2D eigenvalue weighted by Gasteiger charge is -1.99. The van der Waals surface area contributed by atoms with Crippen LogP contribution in [0.5, 0.6) is 0 Å². The molecule has 0 radical (unpaired) electrons. The van der Waals surface area contributed by atoms with E-state index >= 15 is 0 Å². The second-order valence-electron chi connectivity index (χ2n) is 4.70. The van der Waals surface area contributed by atoms with E-state index in [9.17, 15) is 0 Å². The van der Waals surface area contributed by atoms with Crippen LogP contribution in [0.15, 0.2) is 12.3 Å². The van der Waals surface area contributed by atoms with Crippen molar-refractivity contribution in [1.82, 2.24) is 0 Å². The van der Waals surface area contributed by atoms with Crippen molar-refractivity contribution in [3.8, 4) is 0 Å². The van der Waals surface area contributed by atoms with E-state index in [0.717, 1.165) is 12.7 Å². The number of ether oxygens (including phenoxy) is 1. The van der Waals surface area contributed by atoms with Gasteiger partial charge in [0.25, 0.3) is 0 Å². The molecule has 2 nitrogen and oxygen atoms in total. The van der Waals surface area contributed by atoms with Crippen LogP contribution in [0, 0.1) is 0 Å². The van der Waals surface area contributed by atoms with Gasteiger partial charge < -0.3 is 9.84 Å². The highest BCUT2D eigenvalue weighted by molar-refractivity contribution is 4.82. The molecule has 1 N–H and O–H groups in total. The van der Waals surface area contributed by atoms with Crippen LogP contribution in [-0.4, -0.2) is 17.3 Å². The molecule has 0 saturated carbocycles. The molecule has 1 fully saturated rings. The Labute approximate surface area is 99.7 Å². The SMILES string of the molecule is CCC1O[C@H]1CCCCCCCC/C=C/O. The summed E-state index contributed by atoms with van der Waals surface area (Å²) in [6, 6.07) is 0. The van der Waals surface area contributed by atoms with Gasteiger partial charge >= 0.3 is 0 Å². The summed E-state index contributed by atoms with van der Waals surface area (Å²) in [7, 11) is 0. The van der Waals surface area contributed by atoms with Crippen molar-refractivity contribution in [1.29, 1.82) is 0 Å². The maximum absolute atomic E-state index is 8.45. The van der Waals surface area contributed by atoms with Crippen molar-refractivity contribution in [2.45, 2.75) is 76.9 Å². The first-order chi connectivity index (χ1) is 7.88. The third-order valence-corrected chi connectivity index (χ3v) is 3.30. The molecule has 1 aliphatic heterocycles. The molecule has 2 atom stereocenters. The zero-order valence-electron chi connectivity index (χ0n) is 10.5. The van der Waals surface area contributed by atoms with Crippen LogP contribution in [0.4, 0.5) is 0 Å². The molecule has 16 heavy (non-hydrogen) atoms. The van der Waals surface area contributed by atoms with Crippen LogP contribution < -0.4 is 0 Å². The van der Waals surface area contributed by atoms with Gasteiger partial charge in [-0.15, -0.1) is 0 Å². The molecule has 1 heterocycles. The average Bonchev–Trinajstić information content (AvgIpc) is 3.05. The first-order valence-electron chi connectivity index (χ1n) is 6.83. The third-order valence-electron chi connectivity index (χ3n) is 3.30. The number of hydrogen-bond donors (Lipinski definition) is 1. The van der Waals surface area contributed by atoms with Gasteiger partial charge in [-0.3, -0.25) is 0 Å². The topological polar surface area (TPSA) is 32.8 Å². The standard InChI is InChI=1S/C14H26O2/c1-2-13-14(16-13)11-9-7-5-3-4-6-8-10-12-15/h10,12-15H,2-9,11H2,1H3/b12-10+/t13?,14-/m0/s1. The third kappa shape index (κ3) is 6.16. The maximum Gasteiger partial charge on any atom is 0.0841 e. The second kappa shape index (κ2) is 8.63. The number of rotatable bonds is 10. The van der Waals surface area contributed by atoms with Gasteiger partial charge in [0.05, 0.1) is 18.5 Å². The van der Waals surface area contributed by atoms with E-state index < -0.39 is 0 Å². The van der Waals surface area contributed by atoms with E-state index in [2.05, 4.69) is 6.92 Å². The quantitative estimate of drug-likeness (QED) is 0.341. The number of unbranched alkanes of at least 4 members (excludes halogenated alkanes) is 6. The fourth-order valence-electron chi connectivity index (χ4n) is 2.18. The molecule has 0 bridgehead atoms. The van der Waals surface area contributed by atoms with E-state index in [1.165, 1.54) is 51.4 Å². The summed E-state index contributed by atoms with van der Waals surface area (Å²) in [6.45, 7) is 2.20. The molecule has 1 unspecified atom stereocenters. The summed E-state index contributed by atoms with van der Waals surface area (Å²) in [5.74, 6) is 0. The minimum Gasteiger partial charge on any atom is -0.516 e. The van der Waals surface area contributed by atoms with Gasteiger partial charge in [0, 0.05) is 0 Å². The van der Waals surface area contributed by atoms with E-state index in [-0.39, 0.29) is 0 Å².